The summed E-state index contributed by atoms with van der Waals surface area (Å²) in [6, 6.07) is 1.73. The number of nitrogens with zero attached hydrogens (tertiary/aromatic N) is 2. The van der Waals surface area contributed by atoms with Crippen LogP contribution in [0.1, 0.15) is 61.7 Å². The van der Waals surface area contributed by atoms with E-state index in [0.29, 0.717) is 19.5 Å². The van der Waals surface area contributed by atoms with E-state index in [4.69, 9.17) is 11.5 Å². The number of nitrogens with two attached hydrogens (primary N) is 2. The van der Waals surface area contributed by atoms with Crippen molar-refractivity contribution in [1.82, 2.24) is 20.6 Å². The molecule has 0 aliphatic carbocycles. The number of amides is 2. The predicted octanol–water partition coefficient (Wildman–Crippen LogP) is 0.0863. The first-order valence-electron chi connectivity index (χ1n) is 9.76. The quantitative estimate of drug-likeness (QED) is 0.273. The van der Waals surface area contributed by atoms with E-state index in [9.17, 15) is 19.2 Å². The second-order valence-electron chi connectivity index (χ2n) is 7.00. The van der Waals surface area contributed by atoms with E-state index in [2.05, 4.69) is 20.6 Å². The standard InChI is InChI=1S/C21H26N6O4/c1-12(18(28)16-10-24-8-4-14(16)20(22)30)26-6-3-7-27-13(2)19(29)17-11-25-9-5-15(17)21(23)31/h4-5,8-13,26-27H,3,6-7H2,1-2H3,(H2,22,30)(H2,23,31). The van der Waals surface area contributed by atoms with E-state index in [1.807, 2.05) is 0 Å². The number of aromatic nitrogens is 2. The highest BCUT2D eigenvalue weighted by Gasteiger charge is 2.21. The van der Waals surface area contributed by atoms with Crippen molar-refractivity contribution >= 4 is 23.4 Å². The summed E-state index contributed by atoms with van der Waals surface area (Å²) in [5, 5.41) is 6.16. The summed E-state index contributed by atoms with van der Waals surface area (Å²) in [7, 11) is 0. The van der Waals surface area contributed by atoms with Crippen LogP contribution >= 0.6 is 0 Å². The Labute approximate surface area is 179 Å². The Morgan fingerprint density at radius 1 is 0.774 bits per heavy atom. The Bertz CT molecular complexity index is 900. The molecular weight excluding hydrogens is 400 g/mol. The lowest BCUT2D eigenvalue weighted by atomic mass is 10.0. The van der Waals surface area contributed by atoms with E-state index < -0.39 is 23.9 Å². The molecule has 0 saturated heterocycles. The molecule has 164 valence electrons. The maximum Gasteiger partial charge on any atom is 0.249 e. The molecule has 6 N–H and O–H groups in total. The lowest BCUT2D eigenvalue weighted by Gasteiger charge is -2.16. The zero-order chi connectivity index (χ0) is 23.0. The molecule has 2 rings (SSSR count). The molecule has 0 fully saturated rings. The Hall–Kier alpha value is -3.50. The lowest BCUT2D eigenvalue weighted by Crippen LogP contribution is -2.39. The molecule has 2 heterocycles. The van der Waals surface area contributed by atoms with Crippen LogP contribution in [0.15, 0.2) is 36.9 Å². The maximum absolute atomic E-state index is 12.6. The Kier molecular flexibility index (Phi) is 8.47. The molecule has 2 atom stereocenters. The molecule has 2 unspecified atom stereocenters. The van der Waals surface area contributed by atoms with Gasteiger partial charge in [-0.25, -0.2) is 0 Å². The first-order chi connectivity index (χ1) is 14.7. The second kappa shape index (κ2) is 11.0. The summed E-state index contributed by atoms with van der Waals surface area (Å²) in [6.45, 7) is 4.36. The third kappa shape index (κ3) is 6.24. The Balaban J connectivity index is 1.82. The van der Waals surface area contributed by atoms with Crippen LogP contribution in [-0.4, -0.2) is 58.5 Å². The molecule has 0 aromatic carbocycles. The molecule has 0 saturated carbocycles. The largest absolute Gasteiger partial charge is 0.366 e. The van der Waals surface area contributed by atoms with Crippen LogP contribution in [0.4, 0.5) is 0 Å². The summed E-state index contributed by atoms with van der Waals surface area (Å²) < 4.78 is 0. The summed E-state index contributed by atoms with van der Waals surface area (Å²) in [5.41, 5.74) is 11.2. The Morgan fingerprint density at radius 3 is 1.52 bits per heavy atom. The SMILES string of the molecule is CC(NCCCNC(C)C(=O)c1cnccc1C(N)=O)C(=O)c1cnccc1C(N)=O. The smallest absolute Gasteiger partial charge is 0.249 e. The summed E-state index contributed by atoms with van der Waals surface area (Å²) in [5.74, 6) is -1.94. The van der Waals surface area contributed by atoms with Gasteiger partial charge in [-0.15, -0.1) is 0 Å². The van der Waals surface area contributed by atoms with Crippen LogP contribution in [0.2, 0.25) is 0 Å². The van der Waals surface area contributed by atoms with Crippen molar-refractivity contribution in [2.75, 3.05) is 13.1 Å². The van der Waals surface area contributed by atoms with Crippen LogP contribution in [0.5, 0.6) is 0 Å². The van der Waals surface area contributed by atoms with Crippen molar-refractivity contribution in [3.8, 4) is 0 Å². The molecular formula is C21H26N6O4. The van der Waals surface area contributed by atoms with Crippen molar-refractivity contribution in [2.45, 2.75) is 32.4 Å². The van der Waals surface area contributed by atoms with Crippen LogP contribution < -0.4 is 22.1 Å². The number of Topliss-reactive ketones (excluding diaryl/α,β-unsaturated/α-hetero) is 2. The molecule has 0 spiro atoms. The molecule has 31 heavy (non-hydrogen) atoms. The normalized spacial score (nSPS) is 12.7. The zero-order valence-electron chi connectivity index (χ0n) is 17.4. The van der Waals surface area contributed by atoms with E-state index in [0.717, 1.165) is 0 Å². The third-order valence-electron chi connectivity index (χ3n) is 4.75. The molecule has 0 radical (unpaired) electrons. The second-order valence-corrected chi connectivity index (χ2v) is 7.00. The Morgan fingerprint density at radius 2 is 1.16 bits per heavy atom. The molecule has 0 aliphatic heterocycles. The van der Waals surface area contributed by atoms with Crippen molar-refractivity contribution in [3.63, 3.8) is 0 Å². The zero-order valence-corrected chi connectivity index (χ0v) is 17.4. The van der Waals surface area contributed by atoms with Crippen LogP contribution in [0.3, 0.4) is 0 Å². The fourth-order valence-electron chi connectivity index (χ4n) is 2.99. The minimum Gasteiger partial charge on any atom is -0.366 e. The molecule has 2 aromatic heterocycles. The molecule has 0 bridgehead atoms. The summed E-state index contributed by atoms with van der Waals surface area (Å²) in [4.78, 5) is 55.9. The van der Waals surface area contributed by atoms with Gasteiger partial charge in [0, 0.05) is 24.8 Å². The van der Waals surface area contributed by atoms with Gasteiger partial charge in [-0.05, 0) is 45.5 Å². The van der Waals surface area contributed by atoms with Crippen LogP contribution in [0.25, 0.3) is 0 Å². The van der Waals surface area contributed by atoms with Gasteiger partial charge < -0.3 is 22.1 Å². The number of nitrogens with one attached hydrogen (secondary N) is 2. The average molecular weight is 426 g/mol. The minimum absolute atomic E-state index is 0.133. The van der Waals surface area contributed by atoms with Gasteiger partial charge in [0.05, 0.1) is 34.3 Å². The molecule has 10 heteroatoms. The number of rotatable bonds is 12. The van der Waals surface area contributed by atoms with Gasteiger partial charge in [0.2, 0.25) is 11.8 Å². The summed E-state index contributed by atoms with van der Waals surface area (Å²) >= 11 is 0. The highest BCUT2D eigenvalue weighted by molar-refractivity contribution is 6.09. The highest BCUT2D eigenvalue weighted by atomic mass is 16.2. The number of carbonyl (C=O) groups excluding carboxylic acids is 4. The number of pyridine rings is 2. The van der Waals surface area contributed by atoms with Gasteiger partial charge in [-0.2, -0.15) is 0 Å². The van der Waals surface area contributed by atoms with E-state index in [1.165, 1.54) is 36.9 Å². The fraction of sp³-hybridized carbons (Fsp3) is 0.333. The van der Waals surface area contributed by atoms with Gasteiger partial charge in [0.1, 0.15) is 0 Å². The third-order valence-corrected chi connectivity index (χ3v) is 4.75. The predicted molar refractivity (Wildman–Crippen MR) is 114 cm³/mol. The first-order valence-corrected chi connectivity index (χ1v) is 9.76. The molecule has 2 amide bonds. The number of ketones is 2. The fourth-order valence-corrected chi connectivity index (χ4v) is 2.99. The topological polar surface area (TPSA) is 170 Å². The minimum atomic E-state index is -0.686. The van der Waals surface area contributed by atoms with E-state index in [-0.39, 0.29) is 33.8 Å². The van der Waals surface area contributed by atoms with Crippen LogP contribution in [0, 0.1) is 0 Å². The van der Waals surface area contributed by atoms with Crippen molar-refractivity contribution in [3.05, 3.63) is 59.2 Å². The van der Waals surface area contributed by atoms with Crippen molar-refractivity contribution < 1.29 is 19.2 Å². The van der Waals surface area contributed by atoms with Gasteiger partial charge in [-0.3, -0.25) is 29.1 Å². The van der Waals surface area contributed by atoms with E-state index in [1.54, 1.807) is 13.8 Å². The van der Waals surface area contributed by atoms with Crippen molar-refractivity contribution in [2.24, 2.45) is 11.5 Å². The van der Waals surface area contributed by atoms with Crippen molar-refractivity contribution in [1.29, 1.82) is 0 Å². The van der Waals surface area contributed by atoms with Gasteiger partial charge >= 0.3 is 0 Å². The van der Waals surface area contributed by atoms with E-state index >= 15 is 0 Å². The van der Waals surface area contributed by atoms with Gasteiger partial charge in [0.15, 0.2) is 11.6 Å². The maximum atomic E-state index is 12.6. The monoisotopic (exact) mass is 426 g/mol. The molecule has 10 nitrogen and oxygen atoms in total. The number of hydrogen-bond acceptors (Lipinski definition) is 8. The highest BCUT2D eigenvalue weighted by Crippen LogP contribution is 2.10. The number of hydrogen-bond donors (Lipinski definition) is 4. The molecule has 0 aliphatic rings. The van der Waals surface area contributed by atoms with Crippen LogP contribution in [-0.2, 0) is 0 Å². The number of carbonyl (C=O) groups is 4. The lowest BCUT2D eigenvalue weighted by molar-refractivity contribution is 0.0932. The average Bonchev–Trinajstić information content (AvgIpc) is 2.77. The molecule has 2 aromatic rings. The first kappa shape index (κ1) is 23.8. The van der Waals surface area contributed by atoms with Gasteiger partial charge in [-0.1, -0.05) is 0 Å². The van der Waals surface area contributed by atoms with Gasteiger partial charge in [0.25, 0.3) is 0 Å². The summed E-state index contributed by atoms with van der Waals surface area (Å²) in [6.07, 6.45) is 6.09. The number of primary amides is 2.